The van der Waals surface area contributed by atoms with Crippen LogP contribution in [0.4, 0.5) is 11.4 Å². The van der Waals surface area contributed by atoms with Crippen molar-refractivity contribution in [3.63, 3.8) is 0 Å². The van der Waals surface area contributed by atoms with Crippen molar-refractivity contribution in [2.45, 2.75) is 31.9 Å². The molecule has 0 amide bonds. The Kier molecular flexibility index (Phi) is 4.99. The summed E-state index contributed by atoms with van der Waals surface area (Å²) in [5.74, 6) is 1.50. The Labute approximate surface area is 176 Å². The molecule has 2 heterocycles. The van der Waals surface area contributed by atoms with Gasteiger partial charge in [-0.3, -0.25) is 4.55 Å². The maximum absolute atomic E-state index is 12.4. The molecule has 0 bridgehead atoms. The Hall–Kier alpha value is -2.97. The van der Waals surface area contributed by atoms with Gasteiger partial charge in [-0.25, -0.2) is 9.97 Å². The fraction of sp³-hybridized carbons (Fsp3) is 0.273. The summed E-state index contributed by atoms with van der Waals surface area (Å²) in [5.41, 5.74) is 3.76. The fourth-order valence-electron chi connectivity index (χ4n) is 3.77. The van der Waals surface area contributed by atoms with Gasteiger partial charge >= 0.3 is 0 Å². The van der Waals surface area contributed by atoms with E-state index >= 15 is 0 Å². The number of hydrogen-bond acceptors (Lipinski definition) is 6. The Morgan fingerprint density at radius 1 is 1.07 bits per heavy atom. The molecule has 2 aromatic carbocycles. The minimum absolute atomic E-state index is 0.0645. The summed E-state index contributed by atoms with van der Waals surface area (Å²) in [5, 5.41) is 0. The Morgan fingerprint density at radius 3 is 2.47 bits per heavy atom. The SMILES string of the molecule is Cc1cc(C)c2c(c1)N(CCC(C)(c1ncccn1)S(=O)(=O)O)c1ccccc1O2. The third-order valence-corrected chi connectivity index (χ3v) is 7.00. The van der Waals surface area contributed by atoms with Gasteiger partial charge in [-0.15, -0.1) is 0 Å². The van der Waals surface area contributed by atoms with Crippen LogP contribution in [0, 0.1) is 13.8 Å². The third-order valence-electron chi connectivity index (χ3n) is 5.48. The summed E-state index contributed by atoms with van der Waals surface area (Å²) in [7, 11) is -4.47. The first-order chi connectivity index (χ1) is 14.2. The normalized spacial score (nSPS) is 15.0. The average Bonchev–Trinajstić information content (AvgIpc) is 2.71. The molecule has 4 rings (SSSR count). The van der Waals surface area contributed by atoms with Gasteiger partial charge in [-0.1, -0.05) is 18.2 Å². The van der Waals surface area contributed by atoms with E-state index in [1.807, 2.05) is 55.1 Å². The van der Waals surface area contributed by atoms with E-state index in [0.29, 0.717) is 12.3 Å². The molecule has 30 heavy (non-hydrogen) atoms. The minimum Gasteiger partial charge on any atom is -0.453 e. The Bertz CT molecular complexity index is 1200. The van der Waals surface area contributed by atoms with E-state index in [1.54, 1.807) is 6.07 Å². The van der Waals surface area contributed by atoms with E-state index in [4.69, 9.17) is 4.74 Å². The number of anilines is 2. The smallest absolute Gasteiger partial charge is 0.277 e. The zero-order valence-corrected chi connectivity index (χ0v) is 17.8. The number of fused-ring (bicyclic) bond motifs is 2. The predicted molar refractivity (Wildman–Crippen MR) is 115 cm³/mol. The largest absolute Gasteiger partial charge is 0.453 e. The topological polar surface area (TPSA) is 92.6 Å². The van der Waals surface area contributed by atoms with Crippen molar-refractivity contribution >= 4 is 21.5 Å². The van der Waals surface area contributed by atoms with Crippen LogP contribution in [0.15, 0.2) is 54.9 Å². The van der Waals surface area contributed by atoms with Gasteiger partial charge in [-0.05, 0) is 62.6 Å². The number of rotatable bonds is 5. The maximum atomic E-state index is 12.4. The van der Waals surface area contributed by atoms with Gasteiger partial charge in [0.05, 0.1) is 11.4 Å². The number of nitrogens with zero attached hydrogens (tertiary/aromatic N) is 3. The van der Waals surface area contributed by atoms with Gasteiger partial charge in [0.2, 0.25) is 0 Å². The quantitative estimate of drug-likeness (QED) is 0.600. The van der Waals surface area contributed by atoms with Crippen molar-refractivity contribution in [1.29, 1.82) is 0 Å². The molecule has 1 aliphatic rings. The molecule has 0 spiro atoms. The number of benzene rings is 2. The van der Waals surface area contributed by atoms with Gasteiger partial charge in [0, 0.05) is 18.9 Å². The minimum atomic E-state index is -4.47. The molecule has 156 valence electrons. The molecule has 8 heteroatoms. The van der Waals surface area contributed by atoms with E-state index < -0.39 is 14.9 Å². The summed E-state index contributed by atoms with van der Waals surface area (Å²) in [4.78, 5) is 10.2. The lowest BCUT2D eigenvalue weighted by Crippen LogP contribution is -2.38. The van der Waals surface area contributed by atoms with Crippen LogP contribution in [-0.4, -0.2) is 29.5 Å². The second-order valence-corrected chi connectivity index (χ2v) is 9.53. The molecule has 0 saturated carbocycles. The third kappa shape index (κ3) is 3.42. The van der Waals surface area contributed by atoms with Crippen LogP contribution in [0.5, 0.6) is 11.5 Å². The van der Waals surface area contributed by atoms with E-state index in [0.717, 1.165) is 28.3 Å². The highest BCUT2D eigenvalue weighted by Gasteiger charge is 2.43. The van der Waals surface area contributed by atoms with Gasteiger partial charge in [0.1, 0.15) is 0 Å². The summed E-state index contributed by atoms with van der Waals surface area (Å²) in [6.45, 7) is 5.75. The van der Waals surface area contributed by atoms with Gasteiger partial charge in [0.25, 0.3) is 10.1 Å². The zero-order chi connectivity index (χ0) is 21.5. The first kappa shape index (κ1) is 20.3. The molecule has 0 saturated heterocycles. The van der Waals surface area contributed by atoms with Crippen LogP contribution in [0.25, 0.3) is 0 Å². The standard InChI is InChI=1S/C22H23N3O4S/c1-15-13-16(2)20-18(14-15)25(17-7-4-5-8-19(17)29-20)12-9-22(3,30(26,27)28)21-23-10-6-11-24-21/h4-8,10-11,13-14H,9,12H2,1-3H3,(H,26,27,28). The number of ether oxygens (including phenoxy) is 1. The van der Waals surface area contributed by atoms with E-state index in [9.17, 15) is 13.0 Å². The van der Waals surface area contributed by atoms with Crippen molar-refractivity contribution in [2.75, 3.05) is 11.4 Å². The molecule has 0 aliphatic carbocycles. The molecule has 0 fully saturated rings. The summed E-state index contributed by atoms with van der Waals surface area (Å²) < 4.78 is 39.3. The lowest BCUT2D eigenvalue weighted by atomic mass is 10.0. The predicted octanol–water partition coefficient (Wildman–Crippen LogP) is 4.53. The van der Waals surface area contributed by atoms with Gasteiger partial charge in [0.15, 0.2) is 22.1 Å². The summed E-state index contributed by atoms with van der Waals surface area (Å²) >= 11 is 0. The second kappa shape index (κ2) is 7.37. The van der Waals surface area contributed by atoms with Crippen LogP contribution in [0.3, 0.4) is 0 Å². The van der Waals surface area contributed by atoms with E-state index in [1.165, 1.54) is 19.3 Å². The van der Waals surface area contributed by atoms with Crippen LogP contribution in [0.2, 0.25) is 0 Å². The monoisotopic (exact) mass is 425 g/mol. The van der Waals surface area contributed by atoms with Crippen molar-refractivity contribution in [3.05, 3.63) is 71.8 Å². The highest BCUT2D eigenvalue weighted by molar-refractivity contribution is 7.86. The van der Waals surface area contributed by atoms with Crippen molar-refractivity contribution in [1.82, 2.24) is 9.97 Å². The molecule has 1 aliphatic heterocycles. The maximum Gasteiger partial charge on any atom is 0.277 e. The number of aryl methyl sites for hydroxylation is 2. The molecule has 1 aromatic heterocycles. The van der Waals surface area contributed by atoms with Crippen LogP contribution >= 0.6 is 0 Å². The highest BCUT2D eigenvalue weighted by atomic mass is 32.2. The molecule has 1 atom stereocenters. The lowest BCUT2D eigenvalue weighted by molar-refractivity contribution is 0.415. The van der Waals surface area contributed by atoms with Crippen LogP contribution in [-0.2, 0) is 14.9 Å². The van der Waals surface area contributed by atoms with Crippen LogP contribution < -0.4 is 9.64 Å². The number of hydrogen-bond donors (Lipinski definition) is 1. The van der Waals surface area contributed by atoms with Crippen LogP contribution in [0.1, 0.15) is 30.3 Å². The lowest BCUT2D eigenvalue weighted by Gasteiger charge is -2.36. The molecule has 0 radical (unpaired) electrons. The van der Waals surface area contributed by atoms with Gasteiger partial charge in [-0.2, -0.15) is 8.42 Å². The molecule has 1 unspecified atom stereocenters. The fourth-order valence-corrected chi connectivity index (χ4v) is 4.45. The van der Waals surface area contributed by atoms with Crippen molar-refractivity contribution in [2.24, 2.45) is 0 Å². The first-order valence-electron chi connectivity index (χ1n) is 9.61. The van der Waals surface area contributed by atoms with E-state index in [-0.39, 0.29) is 12.2 Å². The van der Waals surface area contributed by atoms with Crippen molar-refractivity contribution < 1.29 is 17.7 Å². The summed E-state index contributed by atoms with van der Waals surface area (Å²) in [6.07, 6.45) is 3.02. The van der Waals surface area contributed by atoms with Crippen molar-refractivity contribution in [3.8, 4) is 11.5 Å². The van der Waals surface area contributed by atoms with Gasteiger partial charge < -0.3 is 9.64 Å². The number of para-hydroxylation sites is 2. The average molecular weight is 426 g/mol. The second-order valence-electron chi connectivity index (χ2n) is 7.68. The molecular formula is C22H23N3O4S. The molecule has 7 nitrogen and oxygen atoms in total. The highest BCUT2D eigenvalue weighted by Crippen LogP contribution is 2.49. The molecular weight excluding hydrogens is 402 g/mol. The molecule has 1 N–H and O–H groups in total. The Morgan fingerprint density at radius 2 is 1.77 bits per heavy atom. The zero-order valence-electron chi connectivity index (χ0n) is 17.0. The first-order valence-corrected chi connectivity index (χ1v) is 11.0. The van der Waals surface area contributed by atoms with E-state index in [2.05, 4.69) is 9.97 Å². The number of aromatic nitrogens is 2. The summed E-state index contributed by atoms with van der Waals surface area (Å²) in [6, 6.07) is 13.3. The Balaban J connectivity index is 1.78. The molecule has 3 aromatic rings.